The van der Waals surface area contributed by atoms with E-state index in [4.69, 9.17) is 14.5 Å². The van der Waals surface area contributed by atoms with Gasteiger partial charge in [-0.3, -0.25) is 4.99 Å². The van der Waals surface area contributed by atoms with Crippen molar-refractivity contribution in [3.8, 4) is 17.2 Å². The van der Waals surface area contributed by atoms with E-state index >= 15 is 0 Å². The smallest absolute Gasteiger partial charge is 0.191 e. The van der Waals surface area contributed by atoms with Crippen LogP contribution >= 0.6 is 24.0 Å². The predicted octanol–water partition coefficient (Wildman–Crippen LogP) is 4.64. The third-order valence-corrected chi connectivity index (χ3v) is 5.52. The molecule has 0 amide bonds. The monoisotopic (exact) mass is 576 g/mol. The lowest BCUT2D eigenvalue weighted by Gasteiger charge is -2.25. The highest BCUT2D eigenvalue weighted by atomic mass is 127. The Kier molecular flexibility index (Phi) is 9.55. The highest BCUT2D eigenvalue weighted by Gasteiger charge is 2.24. The molecule has 9 heteroatoms. The second-order valence-corrected chi connectivity index (χ2v) is 8.01. The number of aromatic nitrogens is 3. The summed E-state index contributed by atoms with van der Waals surface area (Å²) >= 11 is 0. The minimum Gasteiger partial charge on any atom is -0.497 e. The molecule has 0 fully saturated rings. The molecule has 2 aromatic carbocycles. The molecule has 0 radical (unpaired) electrons. The molecule has 0 spiro atoms. The van der Waals surface area contributed by atoms with E-state index in [0.29, 0.717) is 6.54 Å². The Hall–Kier alpha value is -2.82. The number of hydrogen-bond acceptors (Lipinski definition) is 5. The van der Waals surface area contributed by atoms with E-state index in [9.17, 15) is 0 Å². The van der Waals surface area contributed by atoms with E-state index in [1.54, 1.807) is 7.11 Å². The Morgan fingerprint density at radius 1 is 1.09 bits per heavy atom. The Morgan fingerprint density at radius 2 is 1.76 bits per heavy atom. The average molecular weight is 576 g/mol. The topological polar surface area (TPSA) is 85.6 Å². The van der Waals surface area contributed by atoms with Gasteiger partial charge in [0.15, 0.2) is 5.96 Å². The lowest BCUT2D eigenvalue weighted by molar-refractivity contribution is 0.397. The van der Waals surface area contributed by atoms with E-state index in [0.717, 1.165) is 67.2 Å². The summed E-state index contributed by atoms with van der Waals surface area (Å²) in [5, 5.41) is 11.4. The summed E-state index contributed by atoms with van der Waals surface area (Å²) in [5.41, 5.74) is 1.21. The molecular weight excluding hydrogens is 543 g/mol. The number of nitrogens with one attached hydrogen (secondary N) is 2. The van der Waals surface area contributed by atoms with Crippen LogP contribution in [0.5, 0.6) is 17.2 Å². The number of halogens is 1. The number of methoxy groups -OCH3 is 1. The minimum absolute atomic E-state index is 0. The summed E-state index contributed by atoms with van der Waals surface area (Å²) < 4.78 is 13.1. The molecule has 0 saturated carbocycles. The summed E-state index contributed by atoms with van der Waals surface area (Å²) in [5.74, 6) is 5.03. The largest absolute Gasteiger partial charge is 0.497 e. The van der Waals surface area contributed by atoms with Gasteiger partial charge < -0.3 is 20.1 Å². The number of fused-ring (bicyclic) bond motifs is 1. The molecule has 0 aliphatic carbocycles. The van der Waals surface area contributed by atoms with E-state index in [2.05, 4.69) is 39.8 Å². The van der Waals surface area contributed by atoms with Gasteiger partial charge in [0.05, 0.1) is 13.2 Å². The van der Waals surface area contributed by atoms with Crippen LogP contribution in [0.3, 0.4) is 0 Å². The van der Waals surface area contributed by atoms with Gasteiger partial charge in [-0.05, 0) is 75.1 Å². The first-order valence-electron chi connectivity index (χ1n) is 11.5. The number of aryl methyl sites for hydroxylation is 2. The number of guanidine groups is 1. The van der Waals surface area contributed by atoms with Crippen molar-refractivity contribution in [2.75, 3.05) is 20.2 Å². The standard InChI is InChI=1S/C25H32N6O2.HI/c1-4-26-25(29-23-6-5-17-31-24(23)28-18(2)30-31)27-16-15-19-7-9-21(10-8-19)33-22-13-11-20(32-3)12-14-22;/h7-14,23H,4-6,15-17H2,1-3H3,(H2,26,27,29);1H. The highest BCUT2D eigenvalue weighted by Crippen LogP contribution is 2.24. The summed E-state index contributed by atoms with van der Waals surface area (Å²) in [6.07, 6.45) is 2.95. The Morgan fingerprint density at radius 3 is 2.44 bits per heavy atom. The van der Waals surface area contributed by atoms with Gasteiger partial charge in [0.1, 0.15) is 28.9 Å². The predicted molar refractivity (Wildman–Crippen MR) is 144 cm³/mol. The van der Waals surface area contributed by atoms with Gasteiger partial charge in [0, 0.05) is 19.6 Å². The Bertz CT molecular complexity index is 1070. The number of nitrogens with zero attached hydrogens (tertiary/aromatic N) is 4. The first kappa shape index (κ1) is 25.8. The van der Waals surface area contributed by atoms with Crippen molar-refractivity contribution in [2.24, 2.45) is 4.99 Å². The molecular formula is C25H33IN6O2. The van der Waals surface area contributed by atoms with Gasteiger partial charge in [-0.2, -0.15) is 5.10 Å². The van der Waals surface area contributed by atoms with Crippen LogP contribution in [0, 0.1) is 6.92 Å². The molecule has 34 heavy (non-hydrogen) atoms. The van der Waals surface area contributed by atoms with E-state index in [-0.39, 0.29) is 30.0 Å². The van der Waals surface area contributed by atoms with E-state index in [1.807, 2.05) is 48.0 Å². The lowest BCUT2D eigenvalue weighted by atomic mass is 10.1. The molecule has 4 rings (SSSR count). The molecule has 0 bridgehead atoms. The third kappa shape index (κ3) is 6.85. The zero-order valence-corrected chi connectivity index (χ0v) is 22.3. The maximum absolute atomic E-state index is 5.91. The van der Waals surface area contributed by atoms with Crippen molar-refractivity contribution in [2.45, 2.75) is 45.7 Å². The van der Waals surface area contributed by atoms with Gasteiger partial charge in [0.25, 0.3) is 0 Å². The van der Waals surface area contributed by atoms with Gasteiger partial charge in [-0.15, -0.1) is 24.0 Å². The average Bonchev–Trinajstić information content (AvgIpc) is 3.22. The van der Waals surface area contributed by atoms with Gasteiger partial charge in [-0.1, -0.05) is 12.1 Å². The van der Waals surface area contributed by atoms with Gasteiger partial charge in [-0.25, -0.2) is 9.67 Å². The molecule has 8 nitrogen and oxygen atoms in total. The van der Waals surface area contributed by atoms with Crippen LogP contribution in [0.15, 0.2) is 53.5 Å². The quantitative estimate of drug-likeness (QED) is 0.231. The van der Waals surface area contributed by atoms with Gasteiger partial charge in [0.2, 0.25) is 0 Å². The van der Waals surface area contributed by atoms with Crippen LogP contribution in [-0.2, 0) is 13.0 Å². The van der Waals surface area contributed by atoms with Crippen molar-refractivity contribution in [1.29, 1.82) is 0 Å². The molecule has 1 atom stereocenters. The fourth-order valence-electron chi connectivity index (χ4n) is 3.89. The van der Waals surface area contributed by atoms with Crippen LogP contribution in [-0.4, -0.2) is 40.9 Å². The molecule has 3 aromatic rings. The van der Waals surface area contributed by atoms with Crippen LogP contribution in [0.2, 0.25) is 0 Å². The summed E-state index contributed by atoms with van der Waals surface area (Å²) in [4.78, 5) is 9.39. The zero-order valence-electron chi connectivity index (χ0n) is 20.0. The first-order chi connectivity index (χ1) is 16.1. The SMILES string of the molecule is CCNC(=NCCc1ccc(Oc2ccc(OC)cc2)cc1)NC1CCCn2nc(C)nc21.I. The first-order valence-corrected chi connectivity index (χ1v) is 11.5. The molecule has 182 valence electrons. The number of benzene rings is 2. The number of aliphatic imine (C=N–C) groups is 1. The number of hydrogen-bond donors (Lipinski definition) is 2. The summed E-state index contributed by atoms with van der Waals surface area (Å²) in [6.45, 7) is 6.44. The summed E-state index contributed by atoms with van der Waals surface area (Å²) in [7, 11) is 1.65. The molecule has 1 aromatic heterocycles. The number of rotatable bonds is 8. The van der Waals surface area contributed by atoms with Gasteiger partial charge >= 0.3 is 0 Å². The molecule has 2 heterocycles. The second kappa shape index (κ2) is 12.6. The second-order valence-electron chi connectivity index (χ2n) is 8.01. The minimum atomic E-state index is 0. The molecule has 1 unspecified atom stereocenters. The maximum Gasteiger partial charge on any atom is 0.191 e. The lowest BCUT2D eigenvalue weighted by Crippen LogP contribution is -2.41. The van der Waals surface area contributed by atoms with Crippen LogP contribution in [0.25, 0.3) is 0 Å². The van der Waals surface area contributed by atoms with Crippen LogP contribution in [0.1, 0.15) is 43.0 Å². The molecule has 2 N–H and O–H groups in total. The Balaban J connectivity index is 0.00000324. The Labute approximate surface area is 218 Å². The van der Waals surface area contributed by atoms with Crippen LogP contribution in [0.4, 0.5) is 0 Å². The highest BCUT2D eigenvalue weighted by molar-refractivity contribution is 14.0. The van der Waals surface area contributed by atoms with Crippen molar-refractivity contribution in [3.63, 3.8) is 0 Å². The third-order valence-electron chi connectivity index (χ3n) is 5.52. The molecule has 0 saturated heterocycles. The molecule has 1 aliphatic heterocycles. The van der Waals surface area contributed by atoms with Crippen molar-refractivity contribution >= 4 is 29.9 Å². The fourth-order valence-corrected chi connectivity index (χ4v) is 3.89. The zero-order chi connectivity index (χ0) is 23.0. The van der Waals surface area contributed by atoms with E-state index in [1.165, 1.54) is 5.56 Å². The maximum atomic E-state index is 5.91. The van der Waals surface area contributed by atoms with Crippen molar-refractivity contribution in [1.82, 2.24) is 25.4 Å². The van der Waals surface area contributed by atoms with E-state index < -0.39 is 0 Å². The molecule has 1 aliphatic rings. The fraction of sp³-hybridized carbons (Fsp3) is 0.400. The number of ether oxygens (including phenoxy) is 2. The summed E-state index contributed by atoms with van der Waals surface area (Å²) in [6, 6.07) is 15.8. The van der Waals surface area contributed by atoms with Crippen molar-refractivity contribution < 1.29 is 9.47 Å². The van der Waals surface area contributed by atoms with Crippen LogP contribution < -0.4 is 20.1 Å². The van der Waals surface area contributed by atoms with Crippen molar-refractivity contribution in [3.05, 3.63) is 65.7 Å². The normalized spacial score (nSPS) is 15.1.